The van der Waals surface area contributed by atoms with Gasteiger partial charge in [-0.15, -0.1) is 24.8 Å². The predicted molar refractivity (Wildman–Crippen MR) is 96.2 cm³/mol. The minimum atomic E-state index is -2.84. The molecule has 3 fully saturated rings. The molecule has 3 heterocycles. The van der Waals surface area contributed by atoms with Crippen molar-refractivity contribution in [1.29, 1.82) is 0 Å². The Morgan fingerprint density at radius 2 is 1.96 bits per heavy atom. The second kappa shape index (κ2) is 9.98. The molecule has 7 nitrogen and oxygen atoms in total. The summed E-state index contributed by atoms with van der Waals surface area (Å²) >= 11 is 0. The van der Waals surface area contributed by atoms with Gasteiger partial charge in [-0.1, -0.05) is 0 Å². The molecule has 3 aliphatic heterocycles. The zero-order valence-corrected chi connectivity index (χ0v) is 16.1. The maximum absolute atomic E-state index is 13.2. The van der Waals surface area contributed by atoms with E-state index in [0.29, 0.717) is 26.3 Å². The van der Waals surface area contributed by atoms with Gasteiger partial charge in [0, 0.05) is 45.6 Å². The number of nitrogens with one attached hydrogen (secondary N) is 2. The first-order chi connectivity index (χ1) is 11.4. The lowest BCUT2D eigenvalue weighted by Crippen LogP contribution is -2.46. The highest BCUT2D eigenvalue weighted by Gasteiger charge is 2.43. The molecule has 152 valence electrons. The number of hydrogen-bond donors (Lipinski definition) is 2. The molecular weight excluding hydrogens is 393 g/mol. The summed E-state index contributed by atoms with van der Waals surface area (Å²) < 4.78 is 31.6. The smallest absolute Gasteiger partial charge is 0.262 e. The van der Waals surface area contributed by atoms with Crippen molar-refractivity contribution in [1.82, 2.24) is 20.4 Å². The zero-order valence-electron chi connectivity index (χ0n) is 14.4. The van der Waals surface area contributed by atoms with Crippen LogP contribution in [0.5, 0.6) is 0 Å². The largest absolute Gasteiger partial charge is 0.379 e. The monoisotopic (exact) mass is 418 g/mol. The van der Waals surface area contributed by atoms with Gasteiger partial charge in [-0.2, -0.15) is 0 Å². The maximum atomic E-state index is 13.2. The summed E-state index contributed by atoms with van der Waals surface area (Å²) in [5.41, 5.74) is 0. The molecular formula is C15H26Cl2F2N4O3. The van der Waals surface area contributed by atoms with Gasteiger partial charge < -0.3 is 15.0 Å². The van der Waals surface area contributed by atoms with Crippen molar-refractivity contribution in [3.63, 3.8) is 0 Å². The minimum Gasteiger partial charge on any atom is -0.379 e. The summed E-state index contributed by atoms with van der Waals surface area (Å²) in [6.45, 7) is 4.53. The van der Waals surface area contributed by atoms with Gasteiger partial charge >= 0.3 is 0 Å². The van der Waals surface area contributed by atoms with E-state index >= 15 is 0 Å². The molecule has 3 saturated heterocycles. The van der Waals surface area contributed by atoms with Crippen LogP contribution >= 0.6 is 24.8 Å². The number of carbonyl (C=O) groups excluding carboxylic acids is 2. The number of hydrogen-bond acceptors (Lipinski definition) is 5. The Bertz CT molecular complexity index is 496. The van der Waals surface area contributed by atoms with Crippen LogP contribution in [0.2, 0.25) is 0 Å². The molecule has 0 saturated carbocycles. The number of carbonyl (C=O) groups is 2. The van der Waals surface area contributed by atoms with Crippen molar-refractivity contribution in [2.24, 2.45) is 0 Å². The first kappa shape index (κ1) is 23.3. The highest BCUT2D eigenvalue weighted by atomic mass is 35.5. The summed E-state index contributed by atoms with van der Waals surface area (Å²) in [4.78, 5) is 28.1. The normalized spacial score (nSPS) is 28.4. The molecule has 0 spiro atoms. The lowest BCUT2D eigenvalue weighted by molar-refractivity contribution is -0.128. The van der Waals surface area contributed by atoms with Crippen LogP contribution in [0.3, 0.4) is 0 Å². The molecule has 0 bridgehead atoms. The van der Waals surface area contributed by atoms with Crippen LogP contribution in [0.1, 0.15) is 12.8 Å². The molecule has 0 radical (unpaired) electrons. The van der Waals surface area contributed by atoms with Crippen molar-refractivity contribution < 1.29 is 23.1 Å². The van der Waals surface area contributed by atoms with Gasteiger partial charge in [0.2, 0.25) is 11.8 Å². The second-order valence-corrected chi connectivity index (χ2v) is 6.70. The SMILES string of the molecule is Cl.Cl.O=C(NC1CC(=O)N(CCN2CCOCC2)C1)C1CC(F)(F)CN1. The van der Waals surface area contributed by atoms with Crippen LogP contribution in [-0.4, -0.2) is 92.1 Å². The Morgan fingerprint density at radius 3 is 2.58 bits per heavy atom. The van der Waals surface area contributed by atoms with E-state index in [1.165, 1.54) is 0 Å². The van der Waals surface area contributed by atoms with Crippen LogP contribution in [-0.2, 0) is 14.3 Å². The lowest BCUT2D eigenvalue weighted by Gasteiger charge is -2.28. The van der Waals surface area contributed by atoms with Crippen LogP contribution < -0.4 is 10.6 Å². The first-order valence-electron chi connectivity index (χ1n) is 8.42. The van der Waals surface area contributed by atoms with E-state index in [2.05, 4.69) is 15.5 Å². The zero-order chi connectivity index (χ0) is 17.2. The fourth-order valence-corrected chi connectivity index (χ4v) is 3.37. The number of halogens is 4. The average Bonchev–Trinajstić information content (AvgIpc) is 3.08. The Balaban J connectivity index is 0.00000169. The van der Waals surface area contributed by atoms with Crippen LogP contribution in [0, 0.1) is 0 Å². The third-order valence-electron chi connectivity index (χ3n) is 4.78. The third-order valence-corrected chi connectivity index (χ3v) is 4.78. The Labute approximate surface area is 164 Å². The van der Waals surface area contributed by atoms with Gasteiger partial charge in [-0.05, 0) is 0 Å². The molecule has 26 heavy (non-hydrogen) atoms. The number of morpholine rings is 1. The summed E-state index contributed by atoms with van der Waals surface area (Å²) in [7, 11) is 0. The predicted octanol–water partition coefficient (Wildman–Crippen LogP) is -0.123. The summed E-state index contributed by atoms with van der Waals surface area (Å²) in [5.74, 6) is -3.28. The molecule has 2 unspecified atom stereocenters. The molecule has 2 atom stereocenters. The summed E-state index contributed by atoms with van der Waals surface area (Å²) in [5, 5.41) is 5.26. The van der Waals surface area contributed by atoms with Gasteiger partial charge in [0.1, 0.15) is 0 Å². The first-order valence-corrected chi connectivity index (χ1v) is 8.42. The van der Waals surface area contributed by atoms with Gasteiger partial charge in [-0.3, -0.25) is 19.8 Å². The molecule has 3 aliphatic rings. The van der Waals surface area contributed by atoms with Crippen molar-refractivity contribution >= 4 is 36.6 Å². The number of amides is 2. The number of nitrogens with zero attached hydrogens (tertiary/aromatic N) is 2. The molecule has 11 heteroatoms. The number of alkyl halides is 2. The Hall–Kier alpha value is -0.740. The molecule has 0 aromatic carbocycles. The molecule has 0 aliphatic carbocycles. The van der Waals surface area contributed by atoms with Crippen LogP contribution in [0.4, 0.5) is 8.78 Å². The molecule has 2 amide bonds. The van der Waals surface area contributed by atoms with Gasteiger partial charge in [-0.25, -0.2) is 8.78 Å². The number of rotatable bonds is 5. The average molecular weight is 419 g/mol. The lowest BCUT2D eigenvalue weighted by atomic mass is 10.1. The molecule has 3 rings (SSSR count). The number of ether oxygens (including phenoxy) is 1. The minimum absolute atomic E-state index is 0. The standard InChI is InChI=1S/C15H24F2N4O3.2ClH/c16-15(17)8-12(18-10-15)14(23)19-11-7-13(22)21(9-11)2-1-20-3-5-24-6-4-20;;/h11-12,18H,1-10H2,(H,19,23);2*1H. The van der Waals surface area contributed by atoms with Crippen LogP contribution in [0.15, 0.2) is 0 Å². The van der Waals surface area contributed by atoms with Crippen molar-refractivity contribution in [2.45, 2.75) is 30.8 Å². The fraction of sp³-hybridized carbons (Fsp3) is 0.867. The van der Waals surface area contributed by atoms with Crippen LogP contribution in [0.25, 0.3) is 0 Å². The van der Waals surface area contributed by atoms with E-state index < -0.39 is 30.8 Å². The van der Waals surface area contributed by atoms with Gasteiger partial charge in [0.15, 0.2) is 0 Å². The summed E-state index contributed by atoms with van der Waals surface area (Å²) in [6.07, 6.45) is -0.252. The van der Waals surface area contributed by atoms with E-state index in [1.54, 1.807) is 4.90 Å². The summed E-state index contributed by atoms with van der Waals surface area (Å²) in [6, 6.07) is -1.18. The molecule has 0 aromatic rings. The highest BCUT2D eigenvalue weighted by Crippen LogP contribution is 2.25. The Kier molecular flexibility index (Phi) is 8.95. The maximum Gasteiger partial charge on any atom is 0.262 e. The topological polar surface area (TPSA) is 73.9 Å². The number of likely N-dealkylation sites (tertiary alicyclic amines) is 1. The van der Waals surface area contributed by atoms with Crippen molar-refractivity contribution in [2.75, 3.05) is 52.5 Å². The molecule has 0 aromatic heterocycles. The van der Waals surface area contributed by atoms with Gasteiger partial charge in [0.05, 0.1) is 31.8 Å². The van der Waals surface area contributed by atoms with Crippen molar-refractivity contribution in [3.05, 3.63) is 0 Å². The Morgan fingerprint density at radius 1 is 1.27 bits per heavy atom. The van der Waals surface area contributed by atoms with E-state index in [4.69, 9.17) is 4.74 Å². The second-order valence-electron chi connectivity index (χ2n) is 6.70. The van der Waals surface area contributed by atoms with E-state index in [0.717, 1.165) is 19.6 Å². The highest BCUT2D eigenvalue weighted by molar-refractivity contribution is 5.86. The van der Waals surface area contributed by atoms with E-state index in [9.17, 15) is 18.4 Å². The molecule has 2 N–H and O–H groups in total. The van der Waals surface area contributed by atoms with E-state index in [-0.39, 0.29) is 43.2 Å². The quantitative estimate of drug-likeness (QED) is 0.650. The fourth-order valence-electron chi connectivity index (χ4n) is 3.37. The van der Waals surface area contributed by atoms with E-state index in [1.807, 2.05) is 0 Å². The van der Waals surface area contributed by atoms with Gasteiger partial charge in [0.25, 0.3) is 5.92 Å². The van der Waals surface area contributed by atoms with Crippen molar-refractivity contribution in [3.8, 4) is 0 Å². The third kappa shape index (κ3) is 6.16.